The molecule has 4 rings (SSSR count). The predicted octanol–water partition coefficient (Wildman–Crippen LogP) is 3.09. The Morgan fingerprint density at radius 3 is 2.43 bits per heavy atom. The zero-order chi connectivity index (χ0) is 19.7. The van der Waals surface area contributed by atoms with Crippen molar-refractivity contribution in [3.8, 4) is 0 Å². The van der Waals surface area contributed by atoms with Crippen LogP contribution in [-0.2, 0) is 27.8 Å². The Kier molecular flexibility index (Phi) is 4.91. The van der Waals surface area contributed by atoms with Crippen LogP contribution in [0.3, 0.4) is 0 Å². The number of carbonyl (C=O) groups excluding carboxylic acids is 1. The van der Waals surface area contributed by atoms with E-state index in [1.807, 2.05) is 42.5 Å². The zero-order valence-corrected chi connectivity index (χ0v) is 16.4. The van der Waals surface area contributed by atoms with Crippen molar-refractivity contribution in [3.05, 3.63) is 77.9 Å². The van der Waals surface area contributed by atoms with Gasteiger partial charge < -0.3 is 4.90 Å². The lowest BCUT2D eigenvalue weighted by Gasteiger charge is -2.31. The van der Waals surface area contributed by atoms with E-state index >= 15 is 0 Å². The second-order valence-electron chi connectivity index (χ2n) is 7.13. The summed E-state index contributed by atoms with van der Waals surface area (Å²) in [4.78, 5) is 14.7. The molecule has 1 aliphatic heterocycles. The van der Waals surface area contributed by atoms with Gasteiger partial charge in [0.05, 0.1) is 10.9 Å². The lowest BCUT2D eigenvalue weighted by atomic mass is 9.99. The molecule has 0 spiro atoms. The van der Waals surface area contributed by atoms with Gasteiger partial charge in [-0.05, 0) is 47.4 Å². The number of hydrogen-bond donors (Lipinski definition) is 1. The number of fused-ring (bicyclic) bond motifs is 2. The molecule has 6 heteroatoms. The summed E-state index contributed by atoms with van der Waals surface area (Å²) in [5.41, 5.74) is 2.36. The summed E-state index contributed by atoms with van der Waals surface area (Å²) in [6.45, 7) is 2.70. The highest BCUT2D eigenvalue weighted by molar-refractivity contribution is 7.89. The Bertz CT molecular complexity index is 1140. The zero-order valence-electron chi connectivity index (χ0n) is 15.6. The molecule has 28 heavy (non-hydrogen) atoms. The number of nitrogens with one attached hydrogen (secondary N) is 1. The third kappa shape index (κ3) is 3.66. The van der Waals surface area contributed by atoms with Crippen LogP contribution in [0.5, 0.6) is 0 Å². The van der Waals surface area contributed by atoms with Crippen molar-refractivity contribution in [3.63, 3.8) is 0 Å². The average molecular weight is 394 g/mol. The van der Waals surface area contributed by atoms with Crippen LogP contribution in [0.15, 0.2) is 71.6 Å². The van der Waals surface area contributed by atoms with Gasteiger partial charge in [-0.2, -0.15) is 4.72 Å². The molecule has 0 unspecified atom stereocenters. The summed E-state index contributed by atoms with van der Waals surface area (Å²) in [5.74, 6) is -0.209. The number of benzene rings is 3. The highest BCUT2D eigenvalue weighted by Crippen LogP contribution is 2.21. The molecular formula is C22H22N2O3S. The van der Waals surface area contributed by atoms with E-state index in [-0.39, 0.29) is 10.8 Å². The smallest absolute Gasteiger partial charge is 0.241 e. The van der Waals surface area contributed by atoms with Gasteiger partial charge in [0.25, 0.3) is 0 Å². The fourth-order valence-electron chi connectivity index (χ4n) is 3.64. The standard InChI is InChI=1S/C22H22N2O3S/c1-16(22(25)24-13-12-18-7-3-5-9-20(18)15-24)23-28(26,27)21-11-10-17-6-2-4-8-19(17)14-21/h2-11,14,16,23H,12-13,15H2,1H3/t16-/m1/s1. The van der Waals surface area contributed by atoms with Gasteiger partial charge in [-0.15, -0.1) is 0 Å². The maximum Gasteiger partial charge on any atom is 0.241 e. The molecular weight excluding hydrogens is 372 g/mol. The van der Waals surface area contributed by atoms with Crippen molar-refractivity contribution in [1.29, 1.82) is 0 Å². The molecule has 0 bridgehead atoms. The number of hydrogen-bond acceptors (Lipinski definition) is 3. The molecule has 1 heterocycles. The Hall–Kier alpha value is -2.70. The van der Waals surface area contributed by atoms with Crippen LogP contribution in [0, 0.1) is 0 Å². The number of amides is 1. The molecule has 0 fully saturated rings. The van der Waals surface area contributed by atoms with Crippen molar-refractivity contribution in [2.24, 2.45) is 0 Å². The molecule has 1 N–H and O–H groups in total. The van der Waals surface area contributed by atoms with E-state index in [1.165, 1.54) is 5.56 Å². The second-order valence-corrected chi connectivity index (χ2v) is 8.84. The molecule has 1 aliphatic rings. The van der Waals surface area contributed by atoms with Gasteiger partial charge in [0.1, 0.15) is 0 Å². The topological polar surface area (TPSA) is 66.5 Å². The molecule has 0 aromatic heterocycles. The van der Waals surface area contributed by atoms with E-state index in [1.54, 1.807) is 30.0 Å². The van der Waals surface area contributed by atoms with E-state index in [0.29, 0.717) is 13.1 Å². The van der Waals surface area contributed by atoms with Crippen molar-refractivity contribution < 1.29 is 13.2 Å². The van der Waals surface area contributed by atoms with Gasteiger partial charge in [-0.25, -0.2) is 8.42 Å². The largest absolute Gasteiger partial charge is 0.337 e. The normalized spacial score (nSPS) is 15.2. The third-order valence-corrected chi connectivity index (χ3v) is 6.71. The molecule has 0 saturated heterocycles. The first-order chi connectivity index (χ1) is 13.4. The molecule has 3 aromatic carbocycles. The van der Waals surface area contributed by atoms with Gasteiger partial charge in [0, 0.05) is 13.1 Å². The van der Waals surface area contributed by atoms with Crippen molar-refractivity contribution in [2.45, 2.75) is 30.8 Å². The van der Waals surface area contributed by atoms with E-state index < -0.39 is 16.1 Å². The Labute approximate surface area is 165 Å². The molecule has 144 valence electrons. The predicted molar refractivity (Wildman–Crippen MR) is 109 cm³/mol. The number of nitrogens with zero attached hydrogens (tertiary/aromatic N) is 1. The quantitative estimate of drug-likeness (QED) is 0.739. The van der Waals surface area contributed by atoms with E-state index in [4.69, 9.17) is 0 Å². The molecule has 1 amide bonds. The van der Waals surface area contributed by atoms with Crippen molar-refractivity contribution >= 4 is 26.7 Å². The first-order valence-corrected chi connectivity index (χ1v) is 10.8. The van der Waals surface area contributed by atoms with E-state index in [9.17, 15) is 13.2 Å². The minimum atomic E-state index is -3.79. The van der Waals surface area contributed by atoms with E-state index in [0.717, 1.165) is 22.8 Å². The Morgan fingerprint density at radius 2 is 1.64 bits per heavy atom. The Morgan fingerprint density at radius 1 is 0.964 bits per heavy atom. The van der Waals surface area contributed by atoms with Gasteiger partial charge in [0.15, 0.2) is 0 Å². The second kappa shape index (κ2) is 7.37. The maximum atomic E-state index is 12.8. The molecule has 5 nitrogen and oxygen atoms in total. The molecule has 0 saturated carbocycles. The van der Waals surface area contributed by atoms with Crippen LogP contribution in [0.25, 0.3) is 10.8 Å². The number of rotatable bonds is 4. The van der Waals surface area contributed by atoms with E-state index in [2.05, 4.69) is 10.8 Å². The van der Waals surface area contributed by atoms with Crippen molar-refractivity contribution in [1.82, 2.24) is 9.62 Å². The molecule has 0 radical (unpaired) electrons. The fourth-order valence-corrected chi connectivity index (χ4v) is 4.88. The van der Waals surface area contributed by atoms with Gasteiger partial charge >= 0.3 is 0 Å². The van der Waals surface area contributed by atoms with Gasteiger partial charge in [0.2, 0.25) is 15.9 Å². The summed E-state index contributed by atoms with van der Waals surface area (Å²) < 4.78 is 28.1. The van der Waals surface area contributed by atoms with Gasteiger partial charge in [-0.3, -0.25) is 4.79 Å². The monoisotopic (exact) mass is 394 g/mol. The highest BCUT2D eigenvalue weighted by atomic mass is 32.2. The van der Waals surface area contributed by atoms with Crippen LogP contribution in [0.4, 0.5) is 0 Å². The first-order valence-electron chi connectivity index (χ1n) is 9.31. The Balaban J connectivity index is 1.50. The van der Waals surface area contributed by atoms with Crippen LogP contribution < -0.4 is 4.72 Å². The fraction of sp³-hybridized carbons (Fsp3) is 0.227. The summed E-state index contributed by atoms with van der Waals surface area (Å²) in [7, 11) is -3.79. The number of carbonyl (C=O) groups is 1. The third-order valence-electron chi connectivity index (χ3n) is 5.18. The molecule has 1 atom stereocenters. The summed E-state index contributed by atoms with van der Waals surface area (Å²) >= 11 is 0. The summed E-state index contributed by atoms with van der Waals surface area (Å²) in [5, 5.41) is 1.81. The maximum absolute atomic E-state index is 12.8. The van der Waals surface area contributed by atoms with Gasteiger partial charge in [-0.1, -0.05) is 54.6 Å². The average Bonchev–Trinajstić information content (AvgIpc) is 2.72. The van der Waals surface area contributed by atoms with Crippen molar-refractivity contribution in [2.75, 3.05) is 6.54 Å². The molecule has 0 aliphatic carbocycles. The minimum Gasteiger partial charge on any atom is -0.337 e. The lowest BCUT2D eigenvalue weighted by Crippen LogP contribution is -2.48. The number of sulfonamides is 1. The van der Waals surface area contributed by atoms with Crippen LogP contribution in [0.1, 0.15) is 18.1 Å². The minimum absolute atomic E-state index is 0.162. The summed E-state index contributed by atoms with van der Waals surface area (Å²) in [6.07, 6.45) is 0.784. The van der Waals surface area contributed by atoms with Crippen LogP contribution in [0.2, 0.25) is 0 Å². The SMILES string of the molecule is C[C@@H](NS(=O)(=O)c1ccc2ccccc2c1)C(=O)N1CCc2ccccc2C1. The highest BCUT2D eigenvalue weighted by Gasteiger charge is 2.28. The molecule has 3 aromatic rings. The van der Waals surface area contributed by atoms with Crippen LogP contribution in [-0.4, -0.2) is 31.8 Å². The van der Waals surface area contributed by atoms with Crippen LogP contribution >= 0.6 is 0 Å². The first kappa shape index (κ1) is 18.7. The lowest BCUT2D eigenvalue weighted by molar-refractivity contribution is -0.133. The summed E-state index contributed by atoms with van der Waals surface area (Å²) in [6, 6.07) is 19.8.